The normalized spacial score (nSPS) is 22.3. The van der Waals surface area contributed by atoms with Crippen LogP contribution in [0.15, 0.2) is 36.4 Å². The summed E-state index contributed by atoms with van der Waals surface area (Å²) in [5.41, 5.74) is 2.69. The SMILES string of the molecule is Cc1ccc(C(=O)NCC2(c3ccc(F)cc3F)CC2C)c(C)c1. The first-order valence-corrected chi connectivity index (χ1v) is 8.14. The topological polar surface area (TPSA) is 29.1 Å². The summed E-state index contributed by atoms with van der Waals surface area (Å²) in [5.74, 6) is -1.04. The third-order valence-electron chi connectivity index (χ3n) is 5.11. The van der Waals surface area contributed by atoms with E-state index in [4.69, 9.17) is 0 Å². The molecule has 1 N–H and O–H groups in total. The molecule has 0 aromatic heterocycles. The van der Waals surface area contributed by atoms with Gasteiger partial charge in [0.05, 0.1) is 0 Å². The van der Waals surface area contributed by atoms with Crippen molar-refractivity contribution in [3.05, 3.63) is 70.3 Å². The fourth-order valence-electron chi connectivity index (χ4n) is 3.50. The molecule has 0 saturated heterocycles. The second kappa shape index (κ2) is 6.00. The first kappa shape index (κ1) is 16.6. The fraction of sp³-hybridized carbons (Fsp3) is 0.350. The molecular formula is C20H21F2NO. The lowest BCUT2D eigenvalue weighted by Gasteiger charge is -2.19. The van der Waals surface area contributed by atoms with E-state index in [0.717, 1.165) is 23.6 Å². The number of hydrogen-bond donors (Lipinski definition) is 1. The predicted octanol–water partition coefficient (Wildman–Crippen LogP) is 4.29. The molecule has 126 valence electrons. The second-order valence-corrected chi connectivity index (χ2v) is 6.89. The van der Waals surface area contributed by atoms with Gasteiger partial charge in [0, 0.05) is 23.6 Å². The number of halogens is 2. The number of rotatable bonds is 4. The summed E-state index contributed by atoms with van der Waals surface area (Å²) in [4.78, 5) is 12.5. The molecule has 0 heterocycles. The average molecular weight is 329 g/mol. The van der Waals surface area contributed by atoms with Gasteiger partial charge in [0.25, 0.3) is 5.91 Å². The van der Waals surface area contributed by atoms with Crippen LogP contribution in [0.3, 0.4) is 0 Å². The van der Waals surface area contributed by atoms with Gasteiger partial charge < -0.3 is 5.32 Å². The lowest BCUT2D eigenvalue weighted by Crippen LogP contribution is -2.34. The van der Waals surface area contributed by atoms with E-state index in [1.807, 2.05) is 39.0 Å². The molecule has 0 aliphatic heterocycles. The zero-order valence-electron chi connectivity index (χ0n) is 14.1. The van der Waals surface area contributed by atoms with Crippen LogP contribution in [0.1, 0.15) is 40.4 Å². The average Bonchev–Trinajstić information content (AvgIpc) is 3.16. The number of carbonyl (C=O) groups is 1. The smallest absolute Gasteiger partial charge is 0.251 e. The Morgan fingerprint density at radius 2 is 1.92 bits per heavy atom. The summed E-state index contributed by atoms with van der Waals surface area (Å²) >= 11 is 0. The molecule has 3 rings (SSSR count). The maximum Gasteiger partial charge on any atom is 0.251 e. The Balaban J connectivity index is 1.78. The zero-order valence-corrected chi connectivity index (χ0v) is 14.1. The molecule has 1 aliphatic carbocycles. The van der Waals surface area contributed by atoms with Crippen molar-refractivity contribution in [1.82, 2.24) is 5.32 Å². The first-order chi connectivity index (χ1) is 11.3. The lowest BCUT2D eigenvalue weighted by molar-refractivity contribution is 0.0948. The van der Waals surface area contributed by atoms with Crippen LogP contribution in [-0.2, 0) is 5.41 Å². The summed E-state index contributed by atoms with van der Waals surface area (Å²) in [6.07, 6.45) is 0.780. The highest BCUT2D eigenvalue weighted by atomic mass is 19.1. The molecule has 2 unspecified atom stereocenters. The summed E-state index contributed by atoms with van der Waals surface area (Å²) < 4.78 is 27.3. The maximum atomic E-state index is 14.2. The van der Waals surface area contributed by atoms with Crippen molar-refractivity contribution < 1.29 is 13.6 Å². The van der Waals surface area contributed by atoms with E-state index >= 15 is 0 Å². The number of benzene rings is 2. The van der Waals surface area contributed by atoms with Gasteiger partial charge in [-0.1, -0.05) is 30.7 Å². The molecular weight excluding hydrogens is 308 g/mol. The summed E-state index contributed by atoms with van der Waals surface area (Å²) in [7, 11) is 0. The minimum atomic E-state index is -0.584. The Hall–Kier alpha value is -2.23. The van der Waals surface area contributed by atoms with Crippen LogP contribution in [0.25, 0.3) is 0 Å². The van der Waals surface area contributed by atoms with Crippen LogP contribution in [0.2, 0.25) is 0 Å². The number of aryl methyl sites for hydroxylation is 2. The molecule has 4 heteroatoms. The van der Waals surface area contributed by atoms with E-state index in [9.17, 15) is 13.6 Å². The molecule has 0 spiro atoms. The third-order valence-corrected chi connectivity index (χ3v) is 5.11. The fourth-order valence-corrected chi connectivity index (χ4v) is 3.50. The van der Waals surface area contributed by atoms with Gasteiger partial charge in [0.1, 0.15) is 11.6 Å². The first-order valence-electron chi connectivity index (χ1n) is 8.14. The Morgan fingerprint density at radius 1 is 1.21 bits per heavy atom. The van der Waals surface area contributed by atoms with Gasteiger partial charge in [-0.25, -0.2) is 8.78 Å². The molecule has 0 bridgehead atoms. The van der Waals surface area contributed by atoms with Crippen LogP contribution in [0, 0.1) is 31.4 Å². The number of amides is 1. The third kappa shape index (κ3) is 2.93. The quantitative estimate of drug-likeness (QED) is 0.891. The van der Waals surface area contributed by atoms with Gasteiger partial charge >= 0.3 is 0 Å². The summed E-state index contributed by atoms with van der Waals surface area (Å²) in [6.45, 7) is 6.25. The molecule has 2 aromatic rings. The molecule has 1 amide bonds. The van der Waals surface area contributed by atoms with Gasteiger partial charge in [-0.05, 0) is 49.4 Å². The standard InChI is InChI=1S/C20H21F2NO/c1-12-4-6-16(13(2)8-12)19(24)23-11-20(10-14(20)3)17-7-5-15(21)9-18(17)22/h4-9,14H,10-11H2,1-3H3,(H,23,24). The Bertz CT molecular complexity index is 802. The highest BCUT2D eigenvalue weighted by molar-refractivity contribution is 5.95. The molecule has 24 heavy (non-hydrogen) atoms. The maximum absolute atomic E-state index is 14.2. The van der Waals surface area contributed by atoms with Crippen molar-refractivity contribution in [2.75, 3.05) is 6.54 Å². The van der Waals surface area contributed by atoms with Crippen molar-refractivity contribution in [1.29, 1.82) is 0 Å². The number of carbonyl (C=O) groups excluding carboxylic acids is 1. The molecule has 2 aromatic carbocycles. The van der Waals surface area contributed by atoms with E-state index < -0.39 is 17.0 Å². The molecule has 1 fully saturated rings. The van der Waals surface area contributed by atoms with Gasteiger partial charge in [-0.2, -0.15) is 0 Å². The second-order valence-electron chi connectivity index (χ2n) is 6.89. The van der Waals surface area contributed by atoms with E-state index in [1.165, 1.54) is 12.1 Å². The van der Waals surface area contributed by atoms with Gasteiger partial charge in [-0.3, -0.25) is 4.79 Å². The predicted molar refractivity (Wildman–Crippen MR) is 90.1 cm³/mol. The largest absolute Gasteiger partial charge is 0.351 e. The Morgan fingerprint density at radius 3 is 2.50 bits per heavy atom. The summed E-state index contributed by atoms with van der Waals surface area (Å²) in [6, 6.07) is 9.35. The highest BCUT2D eigenvalue weighted by Gasteiger charge is 2.53. The van der Waals surface area contributed by atoms with Crippen molar-refractivity contribution in [3.63, 3.8) is 0 Å². The zero-order chi connectivity index (χ0) is 17.5. The van der Waals surface area contributed by atoms with Crippen LogP contribution in [0.4, 0.5) is 8.78 Å². The van der Waals surface area contributed by atoms with Crippen LogP contribution in [0.5, 0.6) is 0 Å². The monoisotopic (exact) mass is 329 g/mol. The van der Waals surface area contributed by atoms with Crippen molar-refractivity contribution in [2.24, 2.45) is 5.92 Å². The number of nitrogens with one attached hydrogen (secondary N) is 1. The van der Waals surface area contributed by atoms with Gasteiger partial charge in [-0.15, -0.1) is 0 Å². The molecule has 2 nitrogen and oxygen atoms in total. The lowest BCUT2D eigenvalue weighted by atomic mass is 9.92. The Kier molecular flexibility index (Phi) is 4.16. The van der Waals surface area contributed by atoms with E-state index in [2.05, 4.69) is 5.32 Å². The van der Waals surface area contributed by atoms with Crippen molar-refractivity contribution in [3.8, 4) is 0 Å². The van der Waals surface area contributed by atoms with Crippen LogP contribution < -0.4 is 5.32 Å². The Labute approximate surface area is 140 Å². The number of hydrogen-bond acceptors (Lipinski definition) is 1. The minimum absolute atomic E-state index is 0.159. The highest BCUT2D eigenvalue weighted by Crippen LogP contribution is 2.54. The van der Waals surface area contributed by atoms with Crippen LogP contribution in [-0.4, -0.2) is 12.5 Å². The van der Waals surface area contributed by atoms with Gasteiger partial charge in [0.2, 0.25) is 0 Å². The van der Waals surface area contributed by atoms with Crippen molar-refractivity contribution in [2.45, 2.75) is 32.6 Å². The minimum Gasteiger partial charge on any atom is -0.351 e. The van der Waals surface area contributed by atoms with E-state index in [-0.39, 0.29) is 11.8 Å². The molecule has 2 atom stereocenters. The van der Waals surface area contributed by atoms with Gasteiger partial charge in [0.15, 0.2) is 0 Å². The van der Waals surface area contributed by atoms with Crippen molar-refractivity contribution >= 4 is 5.91 Å². The van der Waals surface area contributed by atoms with E-state index in [1.54, 1.807) is 0 Å². The molecule has 1 aliphatic rings. The molecule has 1 saturated carbocycles. The summed E-state index contributed by atoms with van der Waals surface area (Å²) in [5, 5.41) is 2.93. The van der Waals surface area contributed by atoms with E-state index in [0.29, 0.717) is 17.7 Å². The van der Waals surface area contributed by atoms with Crippen LogP contribution >= 0.6 is 0 Å². The molecule has 0 radical (unpaired) electrons.